The molecule has 0 aromatic carbocycles. The van der Waals surface area contributed by atoms with Crippen LogP contribution in [0.4, 0.5) is 0 Å². The molecular weight excluding hydrogens is 230 g/mol. The Morgan fingerprint density at radius 2 is 1.94 bits per heavy atom. The van der Waals surface area contributed by atoms with Crippen LogP contribution in [0.3, 0.4) is 0 Å². The molecule has 92 valence electrons. The Balaban J connectivity index is 2.54. The Labute approximate surface area is 100 Å². The molecular formula is C11H18ClNO3. The first kappa shape index (κ1) is 13.5. The lowest BCUT2D eigenvalue weighted by molar-refractivity contribution is -0.132. The van der Waals surface area contributed by atoms with Crippen molar-refractivity contribution in [1.82, 2.24) is 5.32 Å². The van der Waals surface area contributed by atoms with Crippen LogP contribution in [0.2, 0.25) is 0 Å². The van der Waals surface area contributed by atoms with Crippen molar-refractivity contribution < 1.29 is 14.7 Å². The zero-order valence-corrected chi connectivity index (χ0v) is 10.2. The molecule has 1 rings (SSSR count). The highest BCUT2D eigenvalue weighted by molar-refractivity contribution is 6.64. The maximum atomic E-state index is 11.8. The quantitative estimate of drug-likeness (QED) is 0.730. The summed E-state index contributed by atoms with van der Waals surface area (Å²) in [6, 6.07) is 0. The maximum Gasteiger partial charge on any atom is 0.225 e. The molecule has 1 saturated carbocycles. The number of rotatable bonds is 4. The lowest BCUT2D eigenvalue weighted by Crippen LogP contribution is -2.41. The lowest BCUT2D eigenvalue weighted by Gasteiger charge is -2.27. The molecule has 0 aromatic rings. The number of aliphatic hydroxyl groups excluding tert-OH is 1. The van der Waals surface area contributed by atoms with E-state index in [1.165, 1.54) is 0 Å². The molecule has 5 heteroatoms. The van der Waals surface area contributed by atoms with E-state index in [-0.39, 0.29) is 24.3 Å². The lowest BCUT2D eigenvalue weighted by atomic mass is 9.79. The first-order valence-corrected chi connectivity index (χ1v) is 6.05. The van der Waals surface area contributed by atoms with Crippen LogP contribution in [0.15, 0.2) is 0 Å². The van der Waals surface area contributed by atoms with Gasteiger partial charge in [-0.15, -0.1) is 0 Å². The molecule has 0 radical (unpaired) electrons. The van der Waals surface area contributed by atoms with Crippen LogP contribution < -0.4 is 5.32 Å². The average molecular weight is 248 g/mol. The third-order valence-electron chi connectivity index (χ3n) is 2.97. The van der Waals surface area contributed by atoms with Gasteiger partial charge in [0.05, 0.1) is 6.10 Å². The molecule has 1 amide bonds. The normalized spacial score (nSPS) is 27.2. The number of hydrogen-bond donors (Lipinski definition) is 2. The van der Waals surface area contributed by atoms with Gasteiger partial charge in [0.1, 0.15) is 0 Å². The number of nitrogens with one attached hydrogen (secondary N) is 1. The molecule has 0 spiro atoms. The molecule has 0 aliphatic heterocycles. The van der Waals surface area contributed by atoms with E-state index in [2.05, 4.69) is 5.32 Å². The number of aliphatic hydroxyl groups is 1. The van der Waals surface area contributed by atoms with Gasteiger partial charge in [0.25, 0.3) is 0 Å². The molecule has 3 unspecified atom stereocenters. The molecule has 2 N–H and O–H groups in total. The van der Waals surface area contributed by atoms with E-state index < -0.39 is 11.3 Å². The summed E-state index contributed by atoms with van der Waals surface area (Å²) >= 11 is 5.49. The molecule has 0 saturated heterocycles. The third-order valence-corrected chi connectivity index (χ3v) is 3.25. The monoisotopic (exact) mass is 247 g/mol. The van der Waals surface area contributed by atoms with Gasteiger partial charge in [0.2, 0.25) is 11.1 Å². The summed E-state index contributed by atoms with van der Waals surface area (Å²) in [7, 11) is 0. The smallest absolute Gasteiger partial charge is 0.225 e. The van der Waals surface area contributed by atoms with Gasteiger partial charge >= 0.3 is 0 Å². The minimum absolute atomic E-state index is 0.167. The molecule has 3 atom stereocenters. The highest BCUT2D eigenvalue weighted by Crippen LogP contribution is 2.31. The van der Waals surface area contributed by atoms with Crippen molar-refractivity contribution in [1.29, 1.82) is 0 Å². The van der Waals surface area contributed by atoms with E-state index >= 15 is 0 Å². The van der Waals surface area contributed by atoms with Gasteiger partial charge in [-0.3, -0.25) is 9.59 Å². The zero-order chi connectivity index (χ0) is 12.1. The fourth-order valence-corrected chi connectivity index (χ4v) is 2.36. The van der Waals surface area contributed by atoms with Crippen molar-refractivity contribution in [2.45, 2.75) is 38.7 Å². The van der Waals surface area contributed by atoms with Crippen LogP contribution in [0.25, 0.3) is 0 Å². The number of hydrogen-bond acceptors (Lipinski definition) is 3. The Hall–Kier alpha value is -0.610. The molecule has 1 fully saturated rings. The van der Waals surface area contributed by atoms with Gasteiger partial charge in [-0.1, -0.05) is 12.8 Å². The van der Waals surface area contributed by atoms with Crippen molar-refractivity contribution in [2.75, 3.05) is 6.54 Å². The summed E-state index contributed by atoms with van der Waals surface area (Å²) in [6.07, 6.45) is 2.72. The SMILES string of the molecule is CC(O)CNC(=O)C1CCCCC1C(=O)Cl. The van der Waals surface area contributed by atoms with Crippen LogP contribution in [0.5, 0.6) is 0 Å². The first-order chi connectivity index (χ1) is 7.52. The molecule has 1 aliphatic rings. The maximum absolute atomic E-state index is 11.8. The topological polar surface area (TPSA) is 66.4 Å². The zero-order valence-electron chi connectivity index (χ0n) is 9.41. The van der Waals surface area contributed by atoms with E-state index in [1.54, 1.807) is 6.92 Å². The van der Waals surface area contributed by atoms with E-state index in [9.17, 15) is 9.59 Å². The fraction of sp³-hybridized carbons (Fsp3) is 0.818. The second-order valence-electron chi connectivity index (χ2n) is 4.40. The average Bonchev–Trinajstić information content (AvgIpc) is 2.25. The van der Waals surface area contributed by atoms with Gasteiger partial charge in [-0.05, 0) is 31.4 Å². The molecule has 0 bridgehead atoms. The highest BCUT2D eigenvalue weighted by Gasteiger charge is 2.34. The fourth-order valence-electron chi connectivity index (χ4n) is 2.10. The highest BCUT2D eigenvalue weighted by atomic mass is 35.5. The minimum atomic E-state index is -0.572. The predicted molar refractivity (Wildman–Crippen MR) is 61.0 cm³/mol. The van der Waals surface area contributed by atoms with Crippen molar-refractivity contribution in [2.24, 2.45) is 11.8 Å². The first-order valence-electron chi connectivity index (χ1n) is 5.67. The summed E-state index contributed by atoms with van der Waals surface area (Å²) in [4.78, 5) is 23.0. The summed E-state index contributed by atoms with van der Waals surface area (Å²) in [5, 5.41) is 11.3. The Kier molecular flexibility index (Phi) is 5.22. The molecule has 1 aliphatic carbocycles. The molecule has 0 aromatic heterocycles. The van der Waals surface area contributed by atoms with E-state index in [0.29, 0.717) is 12.8 Å². The predicted octanol–water partition coefficient (Wildman–Crippen LogP) is 1.06. The van der Waals surface area contributed by atoms with Gasteiger partial charge in [0, 0.05) is 18.4 Å². The minimum Gasteiger partial charge on any atom is -0.392 e. The van der Waals surface area contributed by atoms with Crippen molar-refractivity contribution in [3.8, 4) is 0 Å². The summed E-state index contributed by atoms with van der Waals surface area (Å²) in [6.45, 7) is 1.82. The number of carbonyl (C=O) groups is 2. The van der Waals surface area contributed by atoms with Gasteiger partial charge in [-0.2, -0.15) is 0 Å². The van der Waals surface area contributed by atoms with Crippen molar-refractivity contribution in [3.63, 3.8) is 0 Å². The molecule has 0 heterocycles. The molecule has 16 heavy (non-hydrogen) atoms. The van der Waals surface area contributed by atoms with Crippen molar-refractivity contribution >= 4 is 22.8 Å². The summed E-state index contributed by atoms with van der Waals surface area (Å²) in [5.41, 5.74) is 0. The second kappa shape index (κ2) is 6.21. The standard InChI is InChI=1S/C11H18ClNO3/c1-7(14)6-13-11(16)9-5-3-2-4-8(9)10(12)15/h7-9,14H,2-6H2,1H3,(H,13,16). The number of halogens is 1. The van der Waals surface area contributed by atoms with Crippen LogP contribution >= 0.6 is 11.6 Å². The van der Waals surface area contributed by atoms with Crippen LogP contribution in [0, 0.1) is 11.8 Å². The second-order valence-corrected chi connectivity index (χ2v) is 4.77. The summed E-state index contributed by atoms with van der Waals surface area (Å²) in [5.74, 6) is -0.846. The van der Waals surface area contributed by atoms with Gasteiger partial charge < -0.3 is 10.4 Å². The van der Waals surface area contributed by atoms with E-state index in [0.717, 1.165) is 12.8 Å². The van der Waals surface area contributed by atoms with Crippen LogP contribution in [-0.2, 0) is 9.59 Å². The van der Waals surface area contributed by atoms with E-state index in [1.807, 2.05) is 0 Å². The van der Waals surface area contributed by atoms with E-state index in [4.69, 9.17) is 16.7 Å². The summed E-state index contributed by atoms with van der Waals surface area (Å²) < 4.78 is 0. The number of amides is 1. The molecule has 4 nitrogen and oxygen atoms in total. The van der Waals surface area contributed by atoms with Crippen molar-refractivity contribution in [3.05, 3.63) is 0 Å². The van der Waals surface area contributed by atoms with Crippen LogP contribution in [-0.4, -0.2) is 28.9 Å². The van der Waals surface area contributed by atoms with Gasteiger partial charge in [-0.25, -0.2) is 0 Å². The van der Waals surface area contributed by atoms with Crippen LogP contribution in [0.1, 0.15) is 32.6 Å². The Morgan fingerprint density at radius 1 is 1.38 bits per heavy atom. The third kappa shape index (κ3) is 3.76. The Bertz CT molecular complexity index is 268. The largest absolute Gasteiger partial charge is 0.392 e. The van der Waals surface area contributed by atoms with Gasteiger partial charge in [0.15, 0.2) is 0 Å². The Morgan fingerprint density at radius 3 is 2.44 bits per heavy atom. The number of carbonyl (C=O) groups excluding carboxylic acids is 2.